The van der Waals surface area contributed by atoms with E-state index in [0.717, 1.165) is 55.6 Å². The minimum atomic E-state index is 0.652. The molecular weight excluding hydrogens is 378 g/mol. The Balaban J connectivity index is 1.37. The molecule has 0 N–H and O–H groups in total. The Morgan fingerprint density at radius 3 is 2.80 bits per heavy atom. The summed E-state index contributed by atoms with van der Waals surface area (Å²) in [4.78, 5) is 7.09. The number of aryl methyl sites for hydroxylation is 1. The van der Waals surface area contributed by atoms with E-state index in [1.54, 1.807) is 7.11 Å². The molecule has 2 aliphatic heterocycles. The highest BCUT2D eigenvalue weighted by Gasteiger charge is 2.16. The molecule has 4 rings (SSSR count). The third-order valence-corrected chi connectivity index (χ3v) is 6.28. The first-order chi connectivity index (χ1) is 14.8. The molecule has 0 spiro atoms. The van der Waals surface area contributed by atoms with Crippen LogP contribution in [0.5, 0.6) is 11.5 Å². The summed E-state index contributed by atoms with van der Waals surface area (Å²) in [6.45, 7) is 6.80. The van der Waals surface area contributed by atoms with E-state index in [2.05, 4.69) is 26.7 Å². The third kappa shape index (κ3) is 5.55. The summed E-state index contributed by atoms with van der Waals surface area (Å²) in [5.74, 6) is 3.20. The maximum absolute atomic E-state index is 6.05. The number of methoxy groups -OCH3 is 1. The Morgan fingerprint density at radius 2 is 2.00 bits per heavy atom. The summed E-state index contributed by atoms with van der Waals surface area (Å²) in [6.07, 6.45) is 11.5. The van der Waals surface area contributed by atoms with Crippen LogP contribution < -0.4 is 9.47 Å². The van der Waals surface area contributed by atoms with Crippen LogP contribution in [-0.4, -0.2) is 61.0 Å². The van der Waals surface area contributed by atoms with Crippen molar-refractivity contribution < 1.29 is 14.2 Å². The maximum atomic E-state index is 6.05. The predicted molar refractivity (Wildman–Crippen MR) is 118 cm³/mol. The van der Waals surface area contributed by atoms with E-state index in [4.69, 9.17) is 14.2 Å². The fraction of sp³-hybridized carbons (Fsp3) is 0.625. The van der Waals surface area contributed by atoms with E-state index in [-0.39, 0.29) is 0 Å². The number of imidazole rings is 1. The molecular formula is C24H35N3O3. The summed E-state index contributed by atoms with van der Waals surface area (Å²) < 4.78 is 19.5. The van der Waals surface area contributed by atoms with Gasteiger partial charge in [0.1, 0.15) is 12.4 Å². The molecule has 2 saturated heterocycles. The van der Waals surface area contributed by atoms with Gasteiger partial charge in [0.15, 0.2) is 11.5 Å². The Morgan fingerprint density at radius 1 is 1.10 bits per heavy atom. The molecule has 6 heteroatoms. The number of hydrogen-bond acceptors (Lipinski definition) is 5. The number of piperidine rings is 1. The number of hydrogen-bond donors (Lipinski definition) is 0. The highest BCUT2D eigenvalue weighted by molar-refractivity contribution is 5.61. The fourth-order valence-electron chi connectivity index (χ4n) is 4.50. The molecule has 2 aromatic rings. The minimum Gasteiger partial charge on any atom is -0.493 e. The van der Waals surface area contributed by atoms with Gasteiger partial charge < -0.3 is 18.8 Å². The van der Waals surface area contributed by atoms with Gasteiger partial charge in [0.25, 0.3) is 0 Å². The van der Waals surface area contributed by atoms with Crippen LogP contribution in [0.15, 0.2) is 30.6 Å². The SMILES string of the molecule is COc1cc(-c2nccn2CCC2CCCOC2)ccc1OCCN1CCCCC1. The lowest BCUT2D eigenvalue weighted by atomic mass is 9.98. The van der Waals surface area contributed by atoms with Gasteiger partial charge in [-0.1, -0.05) is 6.42 Å². The van der Waals surface area contributed by atoms with Gasteiger partial charge in [-0.2, -0.15) is 0 Å². The number of nitrogens with zero attached hydrogens (tertiary/aromatic N) is 3. The molecule has 0 bridgehead atoms. The number of aromatic nitrogens is 2. The second-order valence-corrected chi connectivity index (χ2v) is 8.43. The van der Waals surface area contributed by atoms with Gasteiger partial charge in [0, 0.05) is 44.3 Å². The minimum absolute atomic E-state index is 0.652. The first-order valence-corrected chi connectivity index (χ1v) is 11.5. The summed E-state index contributed by atoms with van der Waals surface area (Å²) in [6, 6.07) is 6.14. The normalized spacial score (nSPS) is 20.2. The van der Waals surface area contributed by atoms with Gasteiger partial charge >= 0.3 is 0 Å². The van der Waals surface area contributed by atoms with Crippen LogP contribution in [0.1, 0.15) is 38.5 Å². The van der Waals surface area contributed by atoms with Crippen LogP contribution in [0.4, 0.5) is 0 Å². The Kier molecular flexibility index (Phi) is 7.65. The summed E-state index contributed by atoms with van der Waals surface area (Å²) >= 11 is 0. The van der Waals surface area contributed by atoms with Gasteiger partial charge in [-0.25, -0.2) is 4.98 Å². The molecule has 0 radical (unpaired) electrons. The molecule has 30 heavy (non-hydrogen) atoms. The number of ether oxygens (including phenoxy) is 3. The molecule has 1 aromatic carbocycles. The zero-order valence-electron chi connectivity index (χ0n) is 18.2. The van der Waals surface area contributed by atoms with Crippen molar-refractivity contribution in [3.8, 4) is 22.9 Å². The van der Waals surface area contributed by atoms with Crippen LogP contribution in [-0.2, 0) is 11.3 Å². The van der Waals surface area contributed by atoms with E-state index >= 15 is 0 Å². The number of likely N-dealkylation sites (tertiary alicyclic amines) is 1. The average molecular weight is 414 g/mol. The second-order valence-electron chi connectivity index (χ2n) is 8.43. The van der Waals surface area contributed by atoms with E-state index in [0.29, 0.717) is 12.5 Å². The molecule has 0 amide bonds. The van der Waals surface area contributed by atoms with Crippen molar-refractivity contribution >= 4 is 0 Å². The summed E-state index contributed by atoms with van der Waals surface area (Å²) in [5.41, 5.74) is 1.06. The average Bonchev–Trinajstić information content (AvgIpc) is 3.28. The summed E-state index contributed by atoms with van der Waals surface area (Å²) in [5, 5.41) is 0. The van der Waals surface area contributed by atoms with Gasteiger partial charge in [-0.3, -0.25) is 4.90 Å². The molecule has 2 aliphatic rings. The van der Waals surface area contributed by atoms with Crippen molar-refractivity contribution in [3.05, 3.63) is 30.6 Å². The quantitative estimate of drug-likeness (QED) is 0.615. The molecule has 164 valence electrons. The van der Waals surface area contributed by atoms with Gasteiger partial charge in [-0.05, 0) is 69.3 Å². The molecule has 6 nitrogen and oxygen atoms in total. The van der Waals surface area contributed by atoms with Crippen molar-refractivity contribution in [1.82, 2.24) is 14.5 Å². The highest BCUT2D eigenvalue weighted by Crippen LogP contribution is 2.32. The number of rotatable bonds is 9. The summed E-state index contributed by atoms with van der Waals surface area (Å²) in [7, 11) is 1.70. The van der Waals surface area contributed by atoms with Crippen LogP contribution in [0.3, 0.4) is 0 Å². The molecule has 3 heterocycles. The maximum Gasteiger partial charge on any atom is 0.161 e. The molecule has 1 unspecified atom stereocenters. The smallest absolute Gasteiger partial charge is 0.161 e. The van der Waals surface area contributed by atoms with E-state index in [9.17, 15) is 0 Å². The highest BCUT2D eigenvalue weighted by atomic mass is 16.5. The largest absolute Gasteiger partial charge is 0.493 e. The fourth-order valence-corrected chi connectivity index (χ4v) is 4.50. The van der Waals surface area contributed by atoms with Gasteiger partial charge in [-0.15, -0.1) is 0 Å². The van der Waals surface area contributed by atoms with Crippen molar-refractivity contribution in [2.24, 2.45) is 5.92 Å². The monoisotopic (exact) mass is 413 g/mol. The Hall–Kier alpha value is -2.05. The molecule has 1 aromatic heterocycles. The standard InChI is InChI=1S/C24H35N3O3/c1-28-23-18-21(7-8-22(23)30-17-15-26-11-3-2-4-12-26)24-25-10-14-27(24)13-9-20-6-5-16-29-19-20/h7-8,10,14,18,20H,2-6,9,11-13,15-17,19H2,1H3. The van der Waals surface area contributed by atoms with Crippen LogP contribution in [0.25, 0.3) is 11.4 Å². The van der Waals surface area contributed by atoms with Gasteiger partial charge in [0.05, 0.1) is 7.11 Å². The number of benzene rings is 1. The van der Waals surface area contributed by atoms with E-state index in [1.807, 2.05) is 18.3 Å². The van der Waals surface area contributed by atoms with Crippen LogP contribution in [0.2, 0.25) is 0 Å². The second kappa shape index (κ2) is 10.8. The van der Waals surface area contributed by atoms with Gasteiger partial charge in [0.2, 0.25) is 0 Å². The third-order valence-electron chi connectivity index (χ3n) is 6.28. The van der Waals surface area contributed by atoms with Crippen molar-refractivity contribution in [3.63, 3.8) is 0 Å². The Bertz CT molecular complexity index is 780. The molecule has 1 atom stereocenters. The van der Waals surface area contributed by atoms with E-state index < -0.39 is 0 Å². The lowest BCUT2D eigenvalue weighted by molar-refractivity contribution is 0.0501. The lowest BCUT2D eigenvalue weighted by Crippen LogP contribution is -2.33. The van der Waals surface area contributed by atoms with Crippen molar-refractivity contribution in [2.75, 3.05) is 46.6 Å². The first kappa shape index (κ1) is 21.2. The zero-order chi connectivity index (χ0) is 20.6. The Labute approximate surface area is 180 Å². The van der Waals surface area contributed by atoms with Crippen LogP contribution >= 0.6 is 0 Å². The molecule has 2 fully saturated rings. The molecule has 0 saturated carbocycles. The zero-order valence-corrected chi connectivity index (χ0v) is 18.2. The topological polar surface area (TPSA) is 48.8 Å². The lowest BCUT2D eigenvalue weighted by Gasteiger charge is -2.26. The van der Waals surface area contributed by atoms with Crippen LogP contribution in [0, 0.1) is 5.92 Å². The first-order valence-electron chi connectivity index (χ1n) is 11.5. The molecule has 0 aliphatic carbocycles. The van der Waals surface area contributed by atoms with E-state index in [1.165, 1.54) is 45.2 Å². The van der Waals surface area contributed by atoms with Crippen molar-refractivity contribution in [2.45, 2.75) is 45.1 Å². The predicted octanol–water partition coefficient (Wildman–Crippen LogP) is 4.24. The van der Waals surface area contributed by atoms with Crippen molar-refractivity contribution in [1.29, 1.82) is 0 Å².